The van der Waals surface area contributed by atoms with E-state index in [0.29, 0.717) is 5.75 Å². The summed E-state index contributed by atoms with van der Waals surface area (Å²) in [5, 5.41) is 3.38. The molecule has 0 unspecified atom stereocenters. The highest BCUT2D eigenvalue weighted by Gasteiger charge is 2.10. The van der Waals surface area contributed by atoms with Crippen molar-refractivity contribution in [3.63, 3.8) is 0 Å². The van der Waals surface area contributed by atoms with Gasteiger partial charge in [-0.25, -0.2) is 9.18 Å². The van der Waals surface area contributed by atoms with Gasteiger partial charge in [0, 0.05) is 6.07 Å². The number of nitrogens with zero attached hydrogens (tertiary/aromatic N) is 1. The van der Waals surface area contributed by atoms with Gasteiger partial charge in [-0.05, 0) is 12.1 Å². The molecule has 0 aliphatic heterocycles. The summed E-state index contributed by atoms with van der Waals surface area (Å²) in [6.07, 6.45) is 0. The zero-order chi connectivity index (χ0) is 10.8. The molecule has 0 atom stereocenters. The Bertz CT molecular complexity index is 532. The van der Waals surface area contributed by atoms with Crippen LogP contribution in [0, 0.1) is 5.82 Å². The number of aromatic amines is 1. The Kier molecular flexibility index (Phi) is 2.24. The summed E-state index contributed by atoms with van der Waals surface area (Å²) >= 11 is 0. The van der Waals surface area contributed by atoms with Crippen LogP contribution in [-0.4, -0.2) is 17.3 Å². The number of ether oxygens (including phenoxy) is 1. The second kappa shape index (κ2) is 3.56. The fourth-order valence-electron chi connectivity index (χ4n) is 1.16. The molecule has 0 fully saturated rings. The first kappa shape index (κ1) is 9.45. The van der Waals surface area contributed by atoms with Gasteiger partial charge in [-0.2, -0.15) is 0 Å². The molecule has 1 N–H and O–H groups in total. The Labute approximate surface area is 83.5 Å². The van der Waals surface area contributed by atoms with Gasteiger partial charge in [0.15, 0.2) is 5.82 Å². The van der Waals surface area contributed by atoms with Crippen molar-refractivity contribution in [1.29, 1.82) is 0 Å². The zero-order valence-corrected chi connectivity index (χ0v) is 7.78. The van der Waals surface area contributed by atoms with Gasteiger partial charge in [0.05, 0.1) is 12.7 Å². The number of hydrogen-bond acceptors (Lipinski definition) is 4. The molecule has 6 heteroatoms. The summed E-state index contributed by atoms with van der Waals surface area (Å²) in [7, 11) is 1.44. The van der Waals surface area contributed by atoms with E-state index in [-0.39, 0.29) is 11.4 Å². The van der Waals surface area contributed by atoms with Gasteiger partial charge in [0.1, 0.15) is 11.6 Å². The van der Waals surface area contributed by atoms with E-state index in [4.69, 9.17) is 4.74 Å². The van der Waals surface area contributed by atoms with Crippen LogP contribution in [0.3, 0.4) is 0 Å². The predicted molar refractivity (Wildman–Crippen MR) is 49.1 cm³/mol. The standard InChI is InChI=1S/C9H7FN2O3/c1-14-5-2-3-6(7(10)4-5)8-11-9(13)15-12-8/h2-4H,1H3,(H,11,12,13). The molecule has 1 heterocycles. The van der Waals surface area contributed by atoms with E-state index >= 15 is 0 Å². The van der Waals surface area contributed by atoms with Crippen LogP contribution in [0.4, 0.5) is 4.39 Å². The summed E-state index contributed by atoms with van der Waals surface area (Å²) in [4.78, 5) is 12.9. The number of methoxy groups -OCH3 is 1. The number of hydrogen-bond donors (Lipinski definition) is 1. The summed E-state index contributed by atoms with van der Waals surface area (Å²) in [6, 6.07) is 4.20. The first-order valence-corrected chi connectivity index (χ1v) is 4.10. The Morgan fingerprint density at radius 3 is 2.87 bits per heavy atom. The van der Waals surface area contributed by atoms with Crippen LogP contribution < -0.4 is 10.5 Å². The van der Waals surface area contributed by atoms with E-state index < -0.39 is 11.6 Å². The Balaban J connectivity index is 2.49. The van der Waals surface area contributed by atoms with E-state index in [2.05, 4.69) is 14.7 Å². The third kappa shape index (κ3) is 1.74. The van der Waals surface area contributed by atoms with Gasteiger partial charge in [0.25, 0.3) is 0 Å². The molecule has 2 rings (SSSR count). The third-order valence-electron chi connectivity index (χ3n) is 1.87. The molecular weight excluding hydrogens is 203 g/mol. The number of nitrogens with one attached hydrogen (secondary N) is 1. The lowest BCUT2D eigenvalue weighted by Gasteiger charge is -2.01. The van der Waals surface area contributed by atoms with Crippen molar-refractivity contribution in [2.24, 2.45) is 0 Å². The molecule has 0 saturated heterocycles. The minimum absolute atomic E-state index is 0.0557. The highest BCUT2D eigenvalue weighted by molar-refractivity contribution is 5.56. The summed E-state index contributed by atoms with van der Waals surface area (Å²) in [5.41, 5.74) is 0.154. The number of rotatable bonds is 2. The molecule has 0 aliphatic carbocycles. The Hall–Kier alpha value is -2.11. The van der Waals surface area contributed by atoms with Crippen molar-refractivity contribution in [3.05, 3.63) is 34.6 Å². The maximum atomic E-state index is 13.4. The fraction of sp³-hybridized carbons (Fsp3) is 0.111. The van der Waals surface area contributed by atoms with E-state index in [1.807, 2.05) is 0 Å². The molecule has 0 amide bonds. The van der Waals surface area contributed by atoms with Crippen molar-refractivity contribution < 1.29 is 13.7 Å². The third-order valence-corrected chi connectivity index (χ3v) is 1.87. The van der Waals surface area contributed by atoms with Crippen molar-refractivity contribution >= 4 is 0 Å². The van der Waals surface area contributed by atoms with Crippen LogP contribution in [-0.2, 0) is 0 Å². The first-order chi connectivity index (χ1) is 7.20. The lowest BCUT2D eigenvalue weighted by molar-refractivity contribution is 0.387. The molecule has 1 aromatic carbocycles. The molecule has 5 nitrogen and oxygen atoms in total. The summed E-state index contributed by atoms with van der Waals surface area (Å²) < 4.78 is 22.6. The number of aromatic nitrogens is 2. The smallest absolute Gasteiger partial charge is 0.439 e. The van der Waals surface area contributed by atoms with Crippen LogP contribution in [0.2, 0.25) is 0 Å². The van der Waals surface area contributed by atoms with E-state index in [1.54, 1.807) is 6.07 Å². The lowest BCUT2D eigenvalue weighted by Crippen LogP contribution is -1.96. The van der Waals surface area contributed by atoms with Crippen LogP contribution in [0.15, 0.2) is 27.5 Å². The lowest BCUT2D eigenvalue weighted by atomic mass is 10.2. The maximum absolute atomic E-state index is 13.4. The number of halogens is 1. The minimum atomic E-state index is -0.722. The highest BCUT2D eigenvalue weighted by atomic mass is 19.1. The SMILES string of the molecule is COc1ccc(-c2noc(=O)[nH]2)c(F)c1. The van der Waals surface area contributed by atoms with Crippen LogP contribution >= 0.6 is 0 Å². The maximum Gasteiger partial charge on any atom is 0.439 e. The molecule has 1 aromatic heterocycles. The van der Waals surface area contributed by atoms with Gasteiger partial charge in [-0.15, -0.1) is 0 Å². The van der Waals surface area contributed by atoms with E-state index in [0.717, 1.165) is 0 Å². The Morgan fingerprint density at radius 1 is 1.53 bits per heavy atom. The number of benzene rings is 1. The molecule has 15 heavy (non-hydrogen) atoms. The molecule has 0 spiro atoms. The van der Waals surface area contributed by atoms with Crippen LogP contribution in [0.5, 0.6) is 5.75 Å². The Morgan fingerprint density at radius 2 is 2.33 bits per heavy atom. The molecule has 0 radical (unpaired) electrons. The normalized spacial score (nSPS) is 10.3. The van der Waals surface area contributed by atoms with Crippen molar-refractivity contribution in [1.82, 2.24) is 10.1 Å². The minimum Gasteiger partial charge on any atom is -0.497 e. The zero-order valence-electron chi connectivity index (χ0n) is 7.78. The predicted octanol–water partition coefficient (Wildman–Crippen LogP) is 1.18. The number of H-pyrrole nitrogens is 1. The summed E-state index contributed by atoms with van der Waals surface area (Å²) in [5.74, 6) is -0.818. The molecule has 0 bridgehead atoms. The topological polar surface area (TPSA) is 68.1 Å². The highest BCUT2D eigenvalue weighted by Crippen LogP contribution is 2.22. The monoisotopic (exact) mass is 210 g/mol. The van der Waals surface area contributed by atoms with Crippen molar-refractivity contribution in [2.75, 3.05) is 7.11 Å². The molecule has 0 saturated carbocycles. The quantitative estimate of drug-likeness (QED) is 0.808. The van der Waals surface area contributed by atoms with Gasteiger partial charge in [-0.3, -0.25) is 9.51 Å². The van der Waals surface area contributed by atoms with E-state index in [9.17, 15) is 9.18 Å². The van der Waals surface area contributed by atoms with Crippen molar-refractivity contribution in [3.8, 4) is 17.1 Å². The second-order valence-electron chi connectivity index (χ2n) is 2.79. The summed E-state index contributed by atoms with van der Waals surface area (Å²) in [6.45, 7) is 0. The molecule has 78 valence electrons. The van der Waals surface area contributed by atoms with Crippen LogP contribution in [0.25, 0.3) is 11.4 Å². The average Bonchev–Trinajstić information content (AvgIpc) is 2.64. The van der Waals surface area contributed by atoms with Gasteiger partial charge >= 0.3 is 5.76 Å². The van der Waals surface area contributed by atoms with E-state index in [1.165, 1.54) is 19.2 Å². The molecule has 0 aliphatic rings. The fourth-order valence-corrected chi connectivity index (χ4v) is 1.16. The average molecular weight is 210 g/mol. The van der Waals surface area contributed by atoms with Gasteiger partial charge < -0.3 is 4.74 Å². The van der Waals surface area contributed by atoms with Crippen molar-refractivity contribution in [2.45, 2.75) is 0 Å². The van der Waals surface area contributed by atoms with Gasteiger partial charge in [-0.1, -0.05) is 5.16 Å². The molecular formula is C9H7FN2O3. The first-order valence-electron chi connectivity index (χ1n) is 4.10. The van der Waals surface area contributed by atoms with Crippen LogP contribution in [0.1, 0.15) is 0 Å². The largest absolute Gasteiger partial charge is 0.497 e. The second-order valence-corrected chi connectivity index (χ2v) is 2.79. The molecule has 2 aromatic rings. The van der Waals surface area contributed by atoms with Gasteiger partial charge in [0.2, 0.25) is 0 Å².